The van der Waals surface area contributed by atoms with E-state index in [0.29, 0.717) is 40.3 Å². The van der Waals surface area contributed by atoms with Gasteiger partial charge in [0, 0.05) is 6.42 Å². The molecule has 0 aliphatic heterocycles. The Hall–Kier alpha value is -0.630. The van der Waals surface area contributed by atoms with Crippen LogP contribution in [0.25, 0.3) is 0 Å². The maximum atomic E-state index is 13.2. The maximum Gasteiger partial charge on any atom is 0.159 e. The van der Waals surface area contributed by atoms with Gasteiger partial charge in [0.15, 0.2) is 5.78 Å². The summed E-state index contributed by atoms with van der Waals surface area (Å²) in [5.41, 5.74) is 3.86. The highest BCUT2D eigenvalue weighted by molar-refractivity contribution is 6.00. The molecule has 9 unspecified atom stereocenters. The average Bonchev–Trinajstić information content (AvgIpc) is 3.03. The third-order valence-corrected chi connectivity index (χ3v) is 12.0. The largest absolute Gasteiger partial charge is 0.393 e. The number of allylic oxidation sites excluding steroid dienone is 2. The lowest BCUT2D eigenvalue weighted by Gasteiger charge is -2.67. The Balaban J connectivity index is 0.00000245. The molecule has 0 radical (unpaired) electrons. The van der Waals surface area contributed by atoms with Crippen molar-refractivity contribution in [1.29, 1.82) is 0 Å². The van der Waals surface area contributed by atoms with Crippen LogP contribution in [0.1, 0.15) is 113 Å². The number of aliphatic hydroxyl groups excluding tert-OH is 1. The summed E-state index contributed by atoms with van der Waals surface area (Å²) in [4.78, 5) is 13.2. The number of carbonyl (C=O) groups excluding carboxylic acids is 1. The first-order chi connectivity index (χ1) is 14.6. The highest BCUT2D eigenvalue weighted by Gasteiger charge is 2.64. The van der Waals surface area contributed by atoms with Gasteiger partial charge >= 0.3 is 0 Å². The lowest BCUT2D eigenvalue weighted by atomic mass is 9.38. The lowest BCUT2D eigenvalue weighted by molar-refractivity contribution is -0.178. The number of hydrogen-bond acceptors (Lipinski definition) is 2. The minimum absolute atomic E-state index is 0. The van der Waals surface area contributed by atoms with Crippen molar-refractivity contribution < 1.29 is 9.90 Å². The predicted molar refractivity (Wildman–Crippen MR) is 133 cm³/mol. The van der Waals surface area contributed by atoms with Gasteiger partial charge in [-0.1, -0.05) is 54.5 Å². The number of rotatable bonds is 2. The predicted octanol–water partition coefficient (Wildman–Crippen LogP) is 7.59. The average molecular weight is 443 g/mol. The molecule has 0 aromatic heterocycles. The summed E-state index contributed by atoms with van der Waals surface area (Å²) in [7, 11) is 0. The SMILES string of the molecule is C.CCC12CCC3C(CCC4C3(C)CCC3C(C)C(O)CCC34C)C1=C(C(C)C)C(=O)C2. The van der Waals surface area contributed by atoms with Gasteiger partial charge in [-0.15, -0.1) is 0 Å². The Labute approximate surface area is 198 Å². The number of hydrogen-bond donors (Lipinski definition) is 1. The van der Waals surface area contributed by atoms with Gasteiger partial charge < -0.3 is 5.11 Å². The van der Waals surface area contributed by atoms with Crippen LogP contribution >= 0.6 is 0 Å². The van der Waals surface area contributed by atoms with Crippen LogP contribution in [0, 0.1) is 51.8 Å². The third-order valence-electron chi connectivity index (χ3n) is 12.0. The van der Waals surface area contributed by atoms with Gasteiger partial charge in [-0.3, -0.25) is 4.79 Å². The molecule has 4 saturated carbocycles. The standard InChI is InChI=1S/C29H46O2.CH4/c1-7-29-15-11-21-19(26(29)25(17(2)3)23(31)16-29)8-9-24-27(5)14-12-22(30)18(4)20(27)10-13-28(21,24)6;/h17-22,24,30H,7-16H2,1-6H3;1H4. The molecule has 0 saturated heterocycles. The molecule has 0 spiro atoms. The molecular formula is C30H50O2. The molecule has 2 heteroatoms. The molecule has 2 nitrogen and oxygen atoms in total. The second-order valence-electron chi connectivity index (χ2n) is 13.2. The maximum absolute atomic E-state index is 13.2. The summed E-state index contributed by atoms with van der Waals surface area (Å²) in [6, 6.07) is 0. The zero-order chi connectivity index (χ0) is 22.3. The fraction of sp³-hybridized carbons (Fsp3) is 0.900. The second-order valence-corrected chi connectivity index (χ2v) is 13.2. The molecule has 0 bridgehead atoms. The van der Waals surface area contributed by atoms with Crippen molar-refractivity contribution in [2.45, 2.75) is 119 Å². The molecule has 5 rings (SSSR count). The van der Waals surface area contributed by atoms with Crippen molar-refractivity contribution in [1.82, 2.24) is 0 Å². The van der Waals surface area contributed by atoms with E-state index < -0.39 is 0 Å². The normalized spacial score (nSPS) is 50.3. The molecule has 32 heavy (non-hydrogen) atoms. The van der Waals surface area contributed by atoms with Crippen LogP contribution in [0.5, 0.6) is 0 Å². The van der Waals surface area contributed by atoms with Crippen molar-refractivity contribution in [3.8, 4) is 0 Å². The number of Topliss-reactive ketones (excluding diaryl/α,β-unsaturated/α-hetero) is 1. The van der Waals surface area contributed by atoms with E-state index in [1.807, 2.05) is 0 Å². The first-order valence-corrected chi connectivity index (χ1v) is 13.5. The smallest absolute Gasteiger partial charge is 0.159 e. The summed E-state index contributed by atoms with van der Waals surface area (Å²) in [6.45, 7) is 14.4. The van der Waals surface area contributed by atoms with E-state index in [0.717, 1.165) is 31.1 Å². The highest BCUT2D eigenvalue weighted by Crippen LogP contribution is 2.71. The molecule has 0 aromatic rings. The van der Waals surface area contributed by atoms with E-state index in [9.17, 15) is 9.90 Å². The van der Waals surface area contributed by atoms with E-state index in [-0.39, 0.29) is 18.9 Å². The second kappa shape index (κ2) is 7.96. The monoisotopic (exact) mass is 442 g/mol. The third kappa shape index (κ3) is 3.03. The van der Waals surface area contributed by atoms with E-state index in [1.165, 1.54) is 50.5 Å². The molecule has 5 aliphatic carbocycles. The van der Waals surface area contributed by atoms with Gasteiger partial charge in [0.05, 0.1) is 6.10 Å². The van der Waals surface area contributed by atoms with Gasteiger partial charge in [-0.2, -0.15) is 0 Å². The van der Waals surface area contributed by atoms with Gasteiger partial charge in [-0.05, 0) is 115 Å². The number of fused-ring (bicyclic) bond motifs is 7. The first-order valence-electron chi connectivity index (χ1n) is 13.5. The topological polar surface area (TPSA) is 37.3 Å². The molecule has 182 valence electrons. The number of ketones is 1. The number of carbonyl (C=O) groups is 1. The van der Waals surface area contributed by atoms with Crippen LogP contribution in [0.3, 0.4) is 0 Å². The molecule has 9 atom stereocenters. The van der Waals surface area contributed by atoms with Gasteiger partial charge in [0.25, 0.3) is 0 Å². The van der Waals surface area contributed by atoms with E-state index in [2.05, 4.69) is 41.5 Å². The molecule has 1 N–H and O–H groups in total. The van der Waals surface area contributed by atoms with Crippen molar-refractivity contribution in [3.05, 3.63) is 11.1 Å². The minimum Gasteiger partial charge on any atom is -0.393 e. The van der Waals surface area contributed by atoms with Gasteiger partial charge in [0.2, 0.25) is 0 Å². The molecule has 0 aromatic carbocycles. The number of aliphatic hydroxyl groups is 1. The summed E-state index contributed by atoms with van der Waals surface area (Å²) >= 11 is 0. The van der Waals surface area contributed by atoms with Crippen LogP contribution in [-0.2, 0) is 4.79 Å². The molecule has 0 heterocycles. The Kier molecular flexibility index (Phi) is 6.09. The van der Waals surface area contributed by atoms with Crippen LogP contribution in [0.4, 0.5) is 0 Å². The van der Waals surface area contributed by atoms with Crippen molar-refractivity contribution in [3.63, 3.8) is 0 Å². The van der Waals surface area contributed by atoms with Gasteiger partial charge in [0.1, 0.15) is 0 Å². The van der Waals surface area contributed by atoms with E-state index in [1.54, 1.807) is 5.57 Å². The zero-order valence-electron chi connectivity index (χ0n) is 21.0. The van der Waals surface area contributed by atoms with Crippen molar-refractivity contribution >= 4 is 5.78 Å². The zero-order valence-corrected chi connectivity index (χ0v) is 21.0. The summed E-state index contributed by atoms with van der Waals surface area (Å²) < 4.78 is 0. The van der Waals surface area contributed by atoms with Gasteiger partial charge in [-0.25, -0.2) is 0 Å². The Bertz CT molecular complexity index is 795. The quantitative estimate of drug-likeness (QED) is 0.478. The summed E-state index contributed by atoms with van der Waals surface area (Å²) in [6.07, 6.45) is 11.8. The minimum atomic E-state index is -0.0955. The Morgan fingerprint density at radius 1 is 0.969 bits per heavy atom. The summed E-state index contributed by atoms with van der Waals surface area (Å²) in [5, 5.41) is 10.6. The van der Waals surface area contributed by atoms with Crippen LogP contribution in [0.2, 0.25) is 0 Å². The van der Waals surface area contributed by atoms with Crippen LogP contribution in [0.15, 0.2) is 11.1 Å². The Morgan fingerprint density at radius 2 is 1.59 bits per heavy atom. The van der Waals surface area contributed by atoms with Crippen LogP contribution in [-0.4, -0.2) is 17.0 Å². The van der Waals surface area contributed by atoms with E-state index >= 15 is 0 Å². The summed E-state index contributed by atoms with van der Waals surface area (Å²) in [5.74, 6) is 4.15. The van der Waals surface area contributed by atoms with Crippen molar-refractivity contribution in [2.75, 3.05) is 0 Å². The Morgan fingerprint density at radius 3 is 2.25 bits per heavy atom. The molecule has 4 fully saturated rings. The first kappa shape index (κ1) is 24.5. The highest BCUT2D eigenvalue weighted by atomic mass is 16.3. The van der Waals surface area contributed by atoms with E-state index in [4.69, 9.17) is 0 Å². The fourth-order valence-corrected chi connectivity index (χ4v) is 10.5. The fourth-order valence-electron chi connectivity index (χ4n) is 10.5. The molecular weight excluding hydrogens is 392 g/mol. The van der Waals surface area contributed by atoms with Crippen LogP contribution < -0.4 is 0 Å². The molecule has 5 aliphatic rings. The molecule has 0 amide bonds. The van der Waals surface area contributed by atoms with Crippen molar-refractivity contribution in [2.24, 2.45) is 51.8 Å². The lowest BCUT2D eigenvalue weighted by Crippen LogP contribution is -2.60.